The van der Waals surface area contributed by atoms with Crippen LogP contribution in [0.3, 0.4) is 0 Å². The second-order valence-corrected chi connectivity index (χ2v) is 12.7. The van der Waals surface area contributed by atoms with Crippen LogP contribution in [0.1, 0.15) is 40.5 Å². The molecule has 0 aromatic heterocycles. The fourth-order valence-electron chi connectivity index (χ4n) is 5.78. The molecule has 3 heterocycles. The van der Waals surface area contributed by atoms with Crippen LogP contribution in [0.25, 0.3) is 0 Å². The maximum absolute atomic E-state index is 14.0. The van der Waals surface area contributed by atoms with Gasteiger partial charge in [-0.05, 0) is 26.7 Å². The van der Waals surface area contributed by atoms with Gasteiger partial charge in [-0.2, -0.15) is 0 Å². The van der Waals surface area contributed by atoms with Crippen molar-refractivity contribution in [1.29, 1.82) is 0 Å². The Labute approximate surface area is 277 Å². The Hall–Kier alpha value is -0.820. The number of alkyl halides is 2. The van der Waals surface area contributed by atoms with Crippen LogP contribution in [0.15, 0.2) is 0 Å². The lowest BCUT2D eigenvalue weighted by Gasteiger charge is -2.51. The molecular weight excluding hydrogens is 656 g/mol. The standard InChI is InChI=1S/C29H53F2NO16/c1-5-12(3)43-24-19(39)16(36)13(7-33)46-27(24)48-23-18(38)15(9-35)45-26(21(23)41)47-22-17(37)14(8-34)44-25(20(22)40)28(4,6-2)42-11-29(30,31)10-32/h12-27,33-41H,5-11,32H2,1-4H3/t12?,13?,14?,15?,16-,17-,18-,19?,20?,21?,22?,23?,24?,25+,26-,27-,28?/m1/s1. The molecule has 3 rings (SSSR count). The summed E-state index contributed by atoms with van der Waals surface area (Å²) < 4.78 is 67.9. The number of aliphatic hydroxyl groups is 9. The van der Waals surface area contributed by atoms with Gasteiger partial charge in [-0.25, -0.2) is 8.78 Å². The number of hydrogen-bond acceptors (Lipinski definition) is 17. The van der Waals surface area contributed by atoms with Gasteiger partial charge in [0, 0.05) is 0 Å². The number of rotatable bonds is 16. The lowest BCUT2D eigenvalue weighted by molar-refractivity contribution is -0.380. The monoisotopic (exact) mass is 709 g/mol. The zero-order valence-corrected chi connectivity index (χ0v) is 27.4. The summed E-state index contributed by atoms with van der Waals surface area (Å²) in [5.74, 6) is -3.41. The van der Waals surface area contributed by atoms with Crippen LogP contribution in [0.2, 0.25) is 0 Å². The summed E-state index contributed by atoms with van der Waals surface area (Å²) in [7, 11) is 0. The second-order valence-electron chi connectivity index (χ2n) is 12.7. The smallest absolute Gasteiger partial charge is 0.282 e. The van der Waals surface area contributed by atoms with Crippen molar-refractivity contribution in [2.24, 2.45) is 5.73 Å². The normalized spacial score (nSPS) is 43.1. The average molecular weight is 710 g/mol. The van der Waals surface area contributed by atoms with Crippen molar-refractivity contribution in [1.82, 2.24) is 0 Å². The van der Waals surface area contributed by atoms with Crippen molar-refractivity contribution in [2.45, 2.75) is 150 Å². The zero-order chi connectivity index (χ0) is 36.1. The van der Waals surface area contributed by atoms with Crippen LogP contribution in [0.5, 0.6) is 0 Å². The van der Waals surface area contributed by atoms with E-state index >= 15 is 0 Å². The highest BCUT2D eigenvalue weighted by atomic mass is 19.3. The molecule has 0 aromatic carbocycles. The van der Waals surface area contributed by atoms with Gasteiger partial charge in [-0.15, -0.1) is 0 Å². The molecule has 0 aromatic rings. The van der Waals surface area contributed by atoms with Gasteiger partial charge in [-0.1, -0.05) is 13.8 Å². The summed E-state index contributed by atoms with van der Waals surface area (Å²) in [4.78, 5) is 0. The van der Waals surface area contributed by atoms with Crippen LogP contribution in [-0.4, -0.2) is 188 Å². The van der Waals surface area contributed by atoms with Crippen molar-refractivity contribution >= 4 is 0 Å². The second kappa shape index (κ2) is 17.6. The Kier molecular flexibility index (Phi) is 15.3. The molecule has 0 amide bonds. The third-order valence-corrected chi connectivity index (χ3v) is 9.27. The third-order valence-electron chi connectivity index (χ3n) is 9.27. The van der Waals surface area contributed by atoms with Gasteiger partial charge < -0.3 is 84.9 Å². The van der Waals surface area contributed by atoms with Crippen LogP contribution >= 0.6 is 0 Å². The molecule has 11 N–H and O–H groups in total. The molecule has 11 unspecified atom stereocenters. The number of aliphatic hydroxyl groups excluding tert-OH is 9. The number of halogens is 2. The molecule has 48 heavy (non-hydrogen) atoms. The number of hydrogen-bond donors (Lipinski definition) is 10. The quantitative estimate of drug-likeness (QED) is 0.0733. The molecule has 0 saturated carbocycles. The largest absolute Gasteiger partial charge is 0.394 e. The molecule has 17 atom stereocenters. The lowest BCUT2D eigenvalue weighted by Crippen LogP contribution is -2.69. The predicted octanol–water partition coefficient (Wildman–Crippen LogP) is -3.92. The molecule has 17 nitrogen and oxygen atoms in total. The molecule has 284 valence electrons. The lowest BCUT2D eigenvalue weighted by atomic mass is 9.84. The van der Waals surface area contributed by atoms with Gasteiger partial charge in [0.25, 0.3) is 5.92 Å². The van der Waals surface area contributed by atoms with Gasteiger partial charge in [-0.3, -0.25) is 0 Å². The molecule has 3 aliphatic rings. The van der Waals surface area contributed by atoms with E-state index < -0.39 is 143 Å². The first-order chi connectivity index (χ1) is 22.5. The van der Waals surface area contributed by atoms with E-state index in [1.165, 1.54) is 6.92 Å². The molecule has 0 bridgehead atoms. The van der Waals surface area contributed by atoms with Crippen molar-refractivity contribution in [3.63, 3.8) is 0 Å². The molecule has 3 aliphatic heterocycles. The van der Waals surface area contributed by atoms with E-state index in [0.717, 1.165) is 0 Å². The summed E-state index contributed by atoms with van der Waals surface area (Å²) >= 11 is 0. The number of ether oxygens (including phenoxy) is 7. The summed E-state index contributed by atoms with van der Waals surface area (Å²) in [5, 5.41) is 95.6. The van der Waals surface area contributed by atoms with Crippen LogP contribution in [-0.2, 0) is 33.2 Å². The van der Waals surface area contributed by atoms with Crippen LogP contribution in [0, 0.1) is 0 Å². The van der Waals surface area contributed by atoms with Crippen molar-refractivity contribution in [2.75, 3.05) is 33.0 Å². The molecule has 0 radical (unpaired) electrons. The van der Waals surface area contributed by atoms with Gasteiger partial charge in [0.2, 0.25) is 0 Å². The summed E-state index contributed by atoms with van der Waals surface area (Å²) in [6.45, 7) is 1.87. The van der Waals surface area contributed by atoms with E-state index in [0.29, 0.717) is 6.42 Å². The summed E-state index contributed by atoms with van der Waals surface area (Å²) in [5.41, 5.74) is 3.49. The minimum atomic E-state index is -3.41. The molecule has 3 saturated heterocycles. The maximum Gasteiger partial charge on any atom is 0.282 e. The van der Waals surface area contributed by atoms with Crippen molar-refractivity contribution in [3.8, 4) is 0 Å². The van der Waals surface area contributed by atoms with Gasteiger partial charge in [0.15, 0.2) is 12.6 Å². The summed E-state index contributed by atoms with van der Waals surface area (Å²) in [6.07, 6.45) is -24.6. The maximum atomic E-state index is 14.0. The first-order valence-corrected chi connectivity index (χ1v) is 16.1. The first kappa shape index (κ1) is 41.6. The van der Waals surface area contributed by atoms with Crippen LogP contribution < -0.4 is 5.73 Å². The average Bonchev–Trinajstić information content (AvgIpc) is 3.07. The first-order valence-electron chi connectivity index (χ1n) is 16.1. The van der Waals surface area contributed by atoms with Gasteiger partial charge in [0.05, 0.1) is 38.1 Å². The fraction of sp³-hybridized carbons (Fsp3) is 1.00. The topological polar surface area (TPSA) is 273 Å². The van der Waals surface area contributed by atoms with E-state index in [9.17, 15) is 54.7 Å². The minimum Gasteiger partial charge on any atom is -0.394 e. The Morgan fingerprint density at radius 2 is 1.21 bits per heavy atom. The Morgan fingerprint density at radius 1 is 0.708 bits per heavy atom. The van der Waals surface area contributed by atoms with E-state index in [1.807, 2.05) is 0 Å². The zero-order valence-electron chi connectivity index (χ0n) is 27.4. The molecule has 0 spiro atoms. The highest BCUT2D eigenvalue weighted by Gasteiger charge is 2.56. The van der Waals surface area contributed by atoms with Crippen LogP contribution in [0.4, 0.5) is 8.78 Å². The molecule has 19 heteroatoms. The molecule has 0 aliphatic carbocycles. The Bertz CT molecular complexity index is 976. The molecular formula is C29H53F2NO16. The highest BCUT2D eigenvalue weighted by molar-refractivity contribution is 5.02. The molecule has 3 fully saturated rings. The van der Waals surface area contributed by atoms with Crippen molar-refractivity contribution in [3.05, 3.63) is 0 Å². The van der Waals surface area contributed by atoms with Gasteiger partial charge >= 0.3 is 0 Å². The number of nitrogens with two attached hydrogens (primary N) is 1. The highest BCUT2D eigenvalue weighted by Crippen LogP contribution is 2.37. The van der Waals surface area contributed by atoms with Crippen molar-refractivity contribution < 1.29 is 87.9 Å². The van der Waals surface area contributed by atoms with E-state index in [4.69, 9.17) is 38.9 Å². The SMILES string of the molecule is CCC(C)OC1C(O)[C@H](O)C(CO)O[C@@H]1OC1C(O)[C@@H](OC2C(O)[C@@H](C(C)(CC)OCC(F)(F)CN)OC(CO)[C@H]2O)OC(CO)[C@H]1O. The van der Waals surface area contributed by atoms with E-state index in [2.05, 4.69) is 0 Å². The van der Waals surface area contributed by atoms with E-state index in [-0.39, 0.29) is 6.42 Å². The Balaban J connectivity index is 1.89. The van der Waals surface area contributed by atoms with Gasteiger partial charge in [0.1, 0.15) is 86.0 Å². The fourth-order valence-corrected chi connectivity index (χ4v) is 5.78. The summed E-state index contributed by atoms with van der Waals surface area (Å²) in [6, 6.07) is 0. The Morgan fingerprint density at radius 3 is 1.73 bits per heavy atom. The minimum absolute atomic E-state index is 0.00421. The van der Waals surface area contributed by atoms with E-state index in [1.54, 1.807) is 20.8 Å². The third kappa shape index (κ3) is 9.15. The predicted molar refractivity (Wildman–Crippen MR) is 156 cm³/mol.